The van der Waals surface area contributed by atoms with E-state index in [-0.39, 0.29) is 17.1 Å². The average Bonchev–Trinajstić information content (AvgIpc) is 2.76. The number of urea groups is 1. The Morgan fingerprint density at radius 1 is 1.53 bits per heavy atom. The third-order valence-electron chi connectivity index (χ3n) is 3.51. The van der Waals surface area contributed by atoms with E-state index in [4.69, 9.17) is 5.73 Å². The molecule has 0 bridgehead atoms. The highest BCUT2D eigenvalue weighted by Gasteiger charge is 2.35. The number of likely N-dealkylation sites (tertiary alicyclic amines) is 1. The van der Waals surface area contributed by atoms with E-state index >= 15 is 0 Å². The number of carbonyl (C=O) groups excluding carboxylic acids is 1. The number of hydrogen-bond donors (Lipinski definition) is 2. The molecule has 6 heteroatoms. The van der Waals surface area contributed by atoms with Crippen LogP contribution in [0.1, 0.15) is 13.3 Å². The maximum Gasteiger partial charge on any atom is 0.321 e. The topological polar surface area (TPSA) is 58.4 Å². The Morgan fingerprint density at radius 2 is 2.26 bits per heavy atom. The van der Waals surface area contributed by atoms with Gasteiger partial charge in [0.1, 0.15) is 11.6 Å². The second-order valence-corrected chi connectivity index (χ2v) is 5.24. The van der Waals surface area contributed by atoms with Crippen molar-refractivity contribution in [3.05, 3.63) is 29.8 Å². The molecule has 1 aromatic carbocycles. The number of nitrogens with one attached hydrogen (secondary N) is 1. The number of carbonyl (C=O) groups is 1. The van der Waals surface area contributed by atoms with Gasteiger partial charge in [0.25, 0.3) is 0 Å². The summed E-state index contributed by atoms with van der Waals surface area (Å²) in [4.78, 5) is 13.6. The molecule has 104 valence electrons. The molecule has 19 heavy (non-hydrogen) atoms. The van der Waals surface area contributed by atoms with Crippen LogP contribution < -0.4 is 11.1 Å². The summed E-state index contributed by atoms with van der Waals surface area (Å²) in [7, 11) is 0. The molecular weight excluding hydrogens is 252 g/mol. The zero-order valence-electron chi connectivity index (χ0n) is 10.7. The number of nitrogens with zero attached hydrogens (tertiary/aromatic N) is 1. The van der Waals surface area contributed by atoms with Crippen molar-refractivity contribution in [1.29, 1.82) is 0 Å². The predicted molar refractivity (Wildman–Crippen MR) is 68.7 cm³/mol. The lowest BCUT2D eigenvalue weighted by molar-refractivity contribution is 0.215. The second kappa shape index (κ2) is 5.13. The first-order chi connectivity index (χ1) is 8.93. The number of rotatable bonds is 2. The molecule has 1 unspecified atom stereocenters. The number of benzene rings is 1. The van der Waals surface area contributed by atoms with Crippen molar-refractivity contribution in [3.8, 4) is 0 Å². The lowest BCUT2D eigenvalue weighted by Gasteiger charge is -2.22. The highest BCUT2D eigenvalue weighted by atomic mass is 19.1. The summed E-state index contributed by atoms with van der Waals surface area (Å²) in [5.74, 6) is -1.46. The molecule has 4 nitrogen and oxygen atoms in total. The molecule has 1 aliphatic heterocycles. The Morgan fingerprint density at radius 3 is 2.84 bits per heavy atom. The van der Waals surface area contributed by atoms with Gasteiger partial charge in [-0.2, -0.15) is 0 Å². The Balaban J connectivity index is 2.02. The van der Waals surface area contributed by atoms with Crippen molar-refractivity contribution >= 4 is 11.7 Å². The number of hydrogen-bond acceptors (Lipinski definition) is 2. The van der Waals surface area contributed by atoms with Gasteiger partial charge in [0.15, 0.2) is 0 Å². The number of halogens is 2. The van der Waals surface area contributed by atoms with E-state index in [2.05, 4.69) is 5.32 Å². The maximum atomic E-state index is 13.4. The summed E-state index contributed by atoms with van der Waals surface area (Å²) >= 11 is 0. The zero-order chi connectivity index (χ0) is 14.0. The molecule has 0 spiro atoms. The molecule has 1 aliphatic rings. The van der Waals surface area contributed by atoms with Crippen LogP contribution in [0.15, 0.2) is 18.2 Å². The second-order valence-electron chi connectivity index (χ2n) is 5.24. The average molecular weight is 269 g/mol. The first-order valence-electron chi connectivity index (χ1n) is 6.15. The molecule has 1 fully saturated rings. The van der Waals surface area contributed by atoms with Gasteiger partial charge in [-0.15, -0.1) is 0 Å². The predicted octanol–water partition coefficient (Wildman–Crippen LogP) is 2.17. The van der Waals surface area contributed by atoms with E-state index in [1.165, 1.54) is 6.07 Å². The molecule has 2 rings (SSSR count). The number of nitrogens with two attached hydrogens (primary N) is 1. The van der Waals surface area contributed by atoms with Gasteiger partial charge in [-0.25, -0.2) is 13.6 Å². The van der Waals surface area contributed by atoms with Crippen molar-refractivity contribution in [2.24, 2.45) is 11.1 Å². The smallest absolute Gasteiger partial charge is 0.321 e. The molecular formula is C13H17F2N3O. The van der Waals surface area contributed by atoms with E-state index in [9.17, 15) is 13.6 Å². The monoisotopic (exact) mass is 269 g/mol. The summed E-state index contributed by atoms with van der Waals surface area (Å²) in [5.41, 5.74) is 5.56. The van der Waals surface area contributed by atoms with Gasteiger partial charge in [-0.3, -0.25) is 0 Å². The molecule has 0 radical (unpaired) electrons. The van der Waals surface area contributed by atoms with Gasteiger partial charge in [0.2, 0.25) is 0 Å². The van der Waals surface area contributed by atoms with Crippen LogP contribution in [0.2, 0.25) is 0 Å². The van der Waals surface area contributed by atoms with Gasteiger partial charge in [-0.05, 0) is 30.5 Å². The van der Waals surface area contributed by atoms with Crippen LogP contribution in [0.3, 0.4) is 0 Å². The fraction of sp³-hybridized carbons (Fsp3) is 0.462. The minimum Gasteiger partial charge on any atom is -0.330 e. The highest BCUT2D eigenvalue weighted by molar-refractivity contribution is 5.89. The summed E-state index contributed by atoms with van der Waals surface area (Å²) < 4.78 is 26.2. The molecule has 1 atom stereocenters. The van der Waals surface area contributed by atoms with Crippen molar-refractivity contribution in [2.45, 2.75) is 13.3 Å². The molecule has 0 aliphatic carbocycles. The Labute approximate surface area is 110 Å². The SMILES string of the molecule is CC1(CN)CCN(C(=O)Nc2ccc(F)cc2F)C1. The van der Waals surface area contributed by atoms with Crippen LogP contribution in [0, 0.1) is 17.0 Å². The third-order valence-corrected chi connectivity index (χ3v) is 3.51. The van der Waals surface area contributed by atoms with E-state index in [1.807, 2.05) is 6.92 Å². The van der Waals surface area contributed by atoms with E-state index in [1.54, 1.807) is 4.90 Å². The Kier molecular flexibility index (Phi) is 3.71. The van der Waals surface area contributed by atoms with Gasteiger partial charge < -0.3 is 16.0 Å². The molecule has 0 saturated carbocycles. The lowest BCUT2D eigenvalue weighted by atomic mass is 9.90. The molecule has 0 aromatic heterocycles. The van der Waals surface area contributed by atoms with E-state index in [0.717, 1.165) is 18.6 Å². The fourth-order valence-corrected chi connectivity index (χ4v) is 2.15. The van der Waals surface area contributed by atoms with Crippen LogP contribution in [0.5, 0.6) is 0 Å². The number of amides is 2. The maximum absolute atomic E-state index is 13.4. The van der Waals surface area contributed by atoms with Crippen molar-refractivity contribution in [3.63, 3.8) is 0 Å². The van der Waals surface area contributed by atoms with E-state index < -0.39 is 11.6 Å². The summed E-state index contributed by atoms with van der Waals surface area (Å²) in [6, 6.07) is 2.67. The van der Waals surface area contributed by atoms with Gasteiger partial charge in [-0.1, -0.05) is 6.92 Å². The van der Waals surface area contributed by atoms with Crippen molar-refractivity contribution < 1.29 is 13.6 Å². The normalized spacial score (nSPS) is 22.6. The molecule has 3 N–H and O–H groups in total. The molecule has 1 aromatic rings. The summed E-state index contributed by atoms with van der Waals surface area (Å²) in [6.07, 6.45) is 0.822. The minimum absolute atomic E-state index is 0.0206. The number of anilines is 1. The Hall–Kier alpha value is -1.69. The molecule has 1 heterocycles. The molecule has 2 amide bonds. The van der Waals surface area contributed by atoms with Crippen molar-refractivity contribution in [1.82, 2.24) is 4.90 Å². The standard InChI is InChI=1S/C13H17F2N3O/c1-13(7-16)4-5-18(8-13)12(19)17-11-3-2-9(14)6-10(11)15/h2-3,6H,4-5,7-8,16H2,1H3,(H,17,19). The quantitative estimate of drug-likeness (QED) is 0.864. The van der Waals surface area contributed by atoms with Gasteiger partial charge in [0, 0.05) is 19.2 Å². The zero-order valence-corrected chi connectivity index (χ0v) is 10.7. The lowest BCUT2D eigenvalue weighted by Crippen LogP contribution is -2.37. The van der Waals surface area contributed by atoms with Crippen LogP contribution in [-0.2, 0) is 0 Å². The van der Waals surface area contributed by atoms with Crippen LogP contribution in [0.4, 0.5) is 19.3 Å². The van der Waals surface area contributed by atoms with Gasteiger partial charge in [0.05, 0.1) is 5.69 Å². The van der Waals surface area contributed by atoms with E-state index in [0.29, 0.717) is 19.6 Å². The fourth-order valence-electron chi connectivity index (χ4n) is 2.15. The van der Waals surface area contributed by atoms with Crippen molar-refractivity contribution in [2.75, 3.05) is 25.0 Å². The van der Waals surface area contributed by atoms with Crippen LogP contribution >= 0.6 is 0 Å². The highest BCUT2D eigenvalue weighted by Crippen LogP contribution is 2.29. The summed E-state index contributed by atoms with van der Waals surface area (Å²) in [6.45, 7) is 3.64. The minimum atomic E-state index is -0.783. The first-order valence-corrected chi connectivity index (χ1v) is 6.15. The molecule has 1 saturated heterocycles. The van der Waals surface area contributed by atoms with Crippen LogP contribution in [-0.4, -0.2) is 30.6 Å². The van der Waals surface area contributed by atoms with Gasteiger partial charge >= 0.3 is 6.03 Å². The summed E-state index contributed by atoms with van der Waals surface area (Å²) in [5, 5.41) is 2.45. The first kappa shape index (κ1) is 13.7. The third kappa shape index (κ3) is 3.01. The largest absolute Gasteiger partial charge is 0.330 e. The Bertz CT molecular complexity index is 495. The van der Waals surface area contributed by atoms with Crippen LogP contribution in [0.25, 0.3) is 0 Å².